The van der Waals surface area contributed by atoms with Gasteiger partial charge in [0.15, 0.2) is 5.82 Å². The highest BCUT2D eigenvalue weighted by Gasteiger charge is 2.20. The van der Waals surface area contributed by atoms with Gasteiger partial charge < -0.3 is 19.1 Å². The second kappa shape index (κ2) is 8.07. The van der Waals surface area contributed by atoms with Crippen molar-refractivity contribution in [1.29, 1.82) is 0 Å². The minimum atomic E-state index is -0.149. The van der Waals surface area contributed by atoms with Crippen molar-refractivity contribution in [3.05, 3.63) is 60.4 Å². The van der Waals surface area contributed by atoms with Crippen LogP contribution < -0.4 is 10.1 Å². The Bertz CT molecular complexity index is 862. The number of nitrogens with one attached hydrogen (secondary N) is 1. The van der Waals surface area contributed by atoms with E-state index in [1.807, 2.05) is 55.8 Å². The number of aromatic nitrogens is 3. The maximum atomic E-state index is 12.2. The van der Waals surface area contributed by atoms with Gasteiger partial charge >= 0.3 is 0 Å². The number of ether oxygens (including phenoxy) is 1. The first-order valence-electron chi connectivity index (χ1n) is 8.85. The molecule has 0 atom stereocenters. The number of nitrogens with zero attached hydrogens (tertiary/aromatic N) is 3. The Morgan fingerprint density at radius 3 is 2.67 bits per heavy atom. The summed E-state index contributed by atoms with van der Waals surface area (Å²) in [5.74, 6) is 1.79. The zero-order valence-corrected chi connectivity index (χ0v) is 15.8. The Morgan fingerprint density at radius 1 is 1.26 bits per heavy atom. The fourth-order valence-corrected chi connectivity index (χ4v) is 2.45. The zero-order chi connectivity index (χ0) is 19.3. The topological polar surface area (TPSA) is 82.2 Å². The van der Waals surface area contributed by atoms with Crippen molar-refractivity contribution in [2.45, 2.75) is 39.2 Å². The van der Waals surface area contributed by atoms with E-state index in [1.165, 1.54) is 0 Å². The molecule has 0 fully saturated rings. The Labute approximate surface area is 158 Å². The lowest BCUT2D eigenvalue weighted by atomic mass is 9.93. The summed E-state index contributed by atoms with van der Waals surface area (Å²) < 4.78 is 12.9. The number of imidazole rings is 1. The predicted octanol–water partition coefficient (Wildman–Crippen LogP) is 3.43. The van der Waals surface area contributed by atoms with E-state index >= 15 is 0 Å². The van der Waals surface area contributed by atoms with Crippen LogP contribution in [0.25, 0.3) is 0 Å². The van der Waals surface area contributed by atoms with Crippen LogP contribution in [0.5, 0.6) is 5.75 Å². The lowest BCUT2D eigenvalue weighted by Gasteiger charge is -2.12. The quantitative estimate of drug-likeness (QED) is 0.691. The molecule has 1 aromatic carbocycles. The summed E-state index contributed by atoms with van der Waals surface area (Å²) in [5.41, 5.74) is 0.748. The van der Waals surface area contributed by atoms with Crippen molar-refractivity contribution in [2.24, 2.45) is 0 Å². The lowest BCUT2D eigenvalue weighted by Crippen LogP contribution is -2.14. The van der Waals surface area contributed by atoms with Gasteiger partial charge in [-0.3, -0.25) is 4.79 Å². The van der Waals surface area contributed by atoms with Crippen LogP contribution in [0.15, 0.2) is 53.6 Å². The fourth-order valence-electron chi connectivity index (χ4n) is 2.45. The van der Waals surface area contributed by atoms with E-state index in [0.717, 1.165) is 23.6 Å². The number of rotatable bonds is 7. The van der Waals surface area contributed by atoms with Crippen LogP contribution in [0.4, 0.5) is 5.82 Å². The molecule has 7 heteroatoms. The second-order valence-corrected chi connectivity index (χ2v) is 7.34. The molecule has 1 amide bonds. The van der Waals surface area contributed by atoms with Crippen LogP contribution in [-0.4, -0.2) is 27.2 Å². The van der Waals surface area contributed by atoms with Crippen LogP contribution in [0, 0.1) is 0 Å². The van der Waals surface area contributed by atoms with Crippen molar-refractivity contribution in [3.63, 3.8) is 0 Å². The number of carbonyl (C=O) groups is 1. The Kier molecular flexibility index (Phi) is 5.59. The molecule has 3 rings (SSSR count). The highest BCUT2D eigenvalue weighted by Crippen LogP contribution is 2.24. The molecule has 0 saturated heterocycles. The second-order valence-electron chi connectivity index (χ2n) is 7.34. The molecule has 0 aliphatic rings. The summed E-state index contributed by atoms with van der Waals surface area (Å²) in [6.45, 7) is 7.37. The first-order chi connectivity index (χ1) is 12.9. The SMILES string of the molecule is CC(C)(C)c1cc(NC(=O)Cc2ccc(OCCn3ccnc3)cc2)no1. The number of hydrogen-bond acceptors (Lipinski definition) is 5. The van der Waals surface area contributed by atoms with Gasteiger partial charge in [-0.05, 0) is 17.7 Å². The molecule has 0 unspecified atom stereocenters. The summed E-state index contributed by atoms with van der Waals surface area (Å²) >= 11 is 0. The molecule has 0 spiro atoms. The van der Waals surface area contributed by atoms with Crippen LogP contribution in [0.3, 0.4) is 0 Å². The monoisotopic (exact) mass is 368 g/mol. The van der Waals surface area contributed by atoms with E-state index < -0.39 is 0 Å². The lowest BCUT2D eigenvalue weighted by molar-refractivity contribution is -0.115. The van der Waals surface area contributed by atoms with Gasteiger partial charge in [0.2, 0.25) is 5.91 Å². The zero-order valence-electron chi connectivity index (χ0n) is 15.8. The third kappa shape index (κ3) is 5.44. The van der Waals surface area contributed by atoms with Gasteiger partial charge in [0.05, 0.1) is 19.3 Å². The van der Waals surface area contributed by atoms with E-state index in [-0.39, 0.29) is 17.7 Å². The van der Waals surface area contributed by atoms with Gasteiger partial charge in [-0.2, -0.15) is 0 Å². The number of amides is 1. The summed E-state index contributed by atoms with van der Waals surface area (Å²) in [7, 11) is 0. The smallest absolute Gasteiger partial charge is 0.230 e. The number of benzene rings is 1. The third-order valence-electron chi connectivity index (χ3n) is 3.98. The van der Waals surface area contributed by atoms with Crippen LogP contribution >= 0.6 is 0 Å². The molecule has 2 aromatic heterocycles. The maximum Gasteiger partial charge on any atom is 0.230 e. The number of hydrogen-bond donors (Lipinski definition) is 1. The van der Waals surface area contributed by atoms with E-state index in [9.17, 15) is 4.79 Å². The van der Waals surface area contributed by atoms with E-state index in [4.69, 9.17) is 9.26 Å². The molecule has 0 aliphatic carbocycles. The molecule has 27 heavy (non-hydrogen) atoms. The van der Waals surface area contributed by atoms with Crippen molar-refractivity contribution < 1.29 is 14.1 Å². The Morgan fingerprint density at radius 2 is 2.04 bits per heavy atom. The van der Waals surface area contributed by atoms with Crippen molar-refractivity contribution in [1.82, 2.24) is 14.7 Å². The molecular weight excluding hydrogens is 344 g/mol. The molecule has 142 valence electrons. The van der Waals surface area contributed by atoms with Crippen LogP contribution in [0.1, 0.15) is 32.1 Å². The van der Waals surface area contributed by atoms with Crippen molar-refractivity contribution in [2.75, 3.05) is 11.9 Å². The fraction of sp³-hybridized carbons (Fsp3) is 0.350. The first kappa shape index (κ1) is 18.7. The number of carbonyl (C=O) groups excluding carboxylic acids is 1. The molecule has 0 radical (unpaired) electrons. The highest BCUT2D eigenvalue weighted by molar-refractivity contribution is 5.91. The first-order valence-corrected chi connectivity index (χ1v) is 8.85. The molecule has 3 aromatic rings. The molecule has 0 saturated carbocycles. The van der Waals surface area contributed by atoms with Gasteiger partial charge in [-0.1, -0.05) is 38.1 Å². The third-order valence-corrected chi connectivity index (χ3v) is 3.98. The van der Waals surface area contributed by atoms with Gasteiger partial charge in [0.1, 0.15) is 18.1 Å². The molecule has 0 aliphatic heterocycles. The van der Waals surface area contributed by atoms with E-state index in [1.54, 1.807) is 18.6 Å². The van der Waals surface area contributed by atoms with E-state index in [2.05, 4.69) is 15.5 Å². The molecule has 7 nitrogen and oxygen atoms in total. The van der Waals surface area contributed by atoms with Gasteiger partial charge in [0.25, 0.3) is 0 Å². The normalized spacial score (nSPS) is 11.4. The molecular formula is C20H24N4O3. The summed E-state index contributed by atoms with van der Waals surface area (Å²) in [6.07, 6.45) is 5.64. The van der Waals surface area contributed by atoms with Crippen molar-refractivity contribution >= 4 is 11.7 Å². The minimum absolute atomic E-state index is 0.141. The van der Waals surface area contributed by atoms with E-state index in [0.29, 0.717) is 12.4 Å². The highest BCUT2D eigenvalue weighted by atomic mass is 16.5. The molecule has 2 heterocycles. The standard InChI is InChI=1S/C20H24N4O3/c1-20(2,3)17-13-18(23-27-17)22-19(25)12-15-4-6-16(7-5-15)26-11-10-24-9-8-21-14-24/h4-9,13-14H,10-12H2,1-3H3,(H,22,23,25). The molecule has 0 bridgehead atoms. The average molecular weight is 368 g/mol. The van der Waals surface area contributed by atoms with Gasteiger partial charge in [-0.15, -0.1) is 0 Å². The summed E-state index contributed by atoms with van der Waals surface area (Å²) in [4.78, 5) is 16.2. The van der Waals surface area contributed by atoms with Crippen molar-refractivity contribution in [3.8, 4) is 5.75 Å². The van der Waals surface area contributed by atoms with Gasteiger partial charge in [-0.25, -0.2) is 4.98 Å². The molecule has 1 N–H and O–H groups in total. The summed E-state index contributed by atoms with van der Waals surface area (Å²) in [6, 6.07) is 9.26. The summed E-state index contributed by atoms with van der Waals surface area (Å²) in [5, 5.41) is 6.66. The predicted molar refractivity (Wildman–Crippen MR) is 102 cm³/mol. The average Bonchev–Trinajstić information content (AvgIpc) is 3.28. The van der Waals surface area contributed by atoms with Crippen LogP contribution in [-0.2, 0) is 23.2 Å². The Balaban J connectivity index is 1.47. The largest absolute Gasteiger partial charge is 0.492 e. The number of anilines is 1. The Hall–Kier alpha value is -3.09. The van der Waals surface area contributed by atoms with Crippen LogP contribution in [0.2, 0.25) is 0 Å². The maximum absolute atomic E-state index is 12.2. The van der Waals surface area contributed by atoms with Gasteiger partial charge in [0, 0.05) is 23.9 Å². The minimum Gasteiger partial charge on any atom is -0.492 e.